The SMILES string of the molecule is CNC(CN1C(=O)C2CC2C1=O)C1CCCCC1. The molecular formula is C14H22N2O2. The maximum Gasteiger partial charge on any atom is 0.233 e. The lowest BCUT2D eigenvalue weighted by molar-refractivity contribution is -0.141. The Morgan fingerprint density at radius 3 is 2.33 bits per heavy atom. The zero-order chi connectivity index (χ0) is 12.7. The van der Waals surface area contributed by atoms with E-state index in [0.29, 0.717) is 12.5 Å². The normalized spacial score (nSPS) is 33.7. The maximum atomic E-state index is 12.0. The monoisotopic (exact) mass is 250 g/mol. The average Bonchev–Trinajstić information content (AvgIpc) is 3.16. The first-order valence-corrected chi connectivity index (χ1v) is 7.25. The summed E-state index contributed by atoms with van der Waals surface area (Å²) < 4.78 is 0. The van der Waals surface area contributed by atoms with Gasteiger partial charge in [-0.3, -0.25) is 14.5 Å². The number of carbonyl (C=O) groups excluding carboxylic acids is 2. The number of carbonyl (C=O) groups is 2. The van der Waals surface area contributed by atoms with Gasteiger partial charge in [0.25, 0.3) is 0 Å². The smallest absolute Gasteiger partial charge is 0.233 e. The number of rotatable bonds is 4. The van der Waals surface area contributed by atoms with Gasteiger partial charge >= 0.3 is 0 Å². The Labute approximate surface area is 108 Å². The van der Waals surface area contributed by atoms with E-state index in [1.54, 1.807) is 0 Å². The Hall–Kier alpha value is -0.900. The fourth-order valence-electron chi connectivity index (χ4n) is 3.64. The van der Waals surface area contributed by atoms with Crippen molar-refractivity contribution in [2.45, 2.75) is 44.6 Å². The number of hydrogen-bond donors (Lipinski definition) is 1. The Kier molecular flexibility index (Phi) is 3.14. The molecule has 3 unspecified atom stereocenters. The number of nitrogens with zero attached hydrogens (tertiary/aromatic N) is 1. The van der Waals surface area contributed by atoms with Crippen molar-refractivity contribution in [3.63, 3.8) is 0 Å². The van der Waals surface area contributed by atoms with Crippen LogP contribution in [-0.4, -0.2) is 36.3 Å². The zero-order valence-electron chi connectivity index (χ0n) is 11.0. The Morgan fingerprint density at radius 2 is 1.78 bits per heavy atom. The molecule has 0 spiro atoms. The molecule has 4 nitrogen and oxygen atoms in total. The van der Waals surface area contributed by atoms with E-state index >= 15 is 0 Å². The van der Waals surface area contributed by atoms with Gasteiger partial charge < -0.3 is 5.32 Å². The third-order valence-electron chi connectivity index (χ3n) is 4.93. The molecule has 1 saturated heterocycles. The molecule has 3 atom stereocenters. The number of piperidine rings is 1. The van der Waals surface area contributed by atoms with E-state index in [-0.39, 0.29) is 29.7 Å². The number of imide groups is 1. The summed E-state index contributed by atoms with van der Waals surface area (Å²) in [5.41, 5.74) is 0. The molecule has 3 rings (SSSR count). The molecule has 100 valence electrons. The molecule has 3 aliphatic rings. The van der Waals surface area contributed by atoms with Crippen molar-refractivity contribution in [2.75, 3.05) is 13.6 Å². The standard InChI is InChI=1S/C14H22N2O2/c1-15-12(9-5-3-2-4-6-9)8-16-13(17)10-7-11(10)14(16)18/h9-12,15H,2-8H2,1H3. The van der Waals surface area contributed by atoms with E-state index in [1.807, 2.05) is 7.05 Å². The van der Waals surface area contributed by atoms with Crippen molar-refractivity contribution >= 4 is 11.8 Å². The molecule has 2 aliphatic carbocycles. The summed E-state index contributed by atoms with van der Waals surface area (Å²) in [5.74, 6) is 0.881. The van der Waals surface area contributed by atoms with Gasteiger partial charge in [0.1, 0.15) is 0 Å². The highest BCUT2D eigenvalue weighted by Crippen LogP contribution is 2.47. The Morgan fingerprint density at radius 1 is 1.17 bits per heavy atom. The molecule has 0 aromatic heterocycles. The minimum Gasteiger partial charge on any atom is -0.315 e. The molecule has 1 aliphatic heterocycles. The van der Waals surface area contributed by atoms with Crippen LogP contribution in [0.25, 0.3) is 0 Å². The van der Waals surface area contributed by atoms with Crippen molar-refractivity contribution in [2.24, 2.45) is 17.8 Å². The molecular weight excluding hydrogens is 228 g/mol. The first-order valence-electron chi connectivity index (χ1n) is 7.25. The van der Waals surface area contributed by atoms with E-state index in [4.69, 9.17) is 0 Å². The van der Waals surface area contributed by atoms with Crippen LogP contribution in [0.15, 0.2) is 0 Å². The summed E-state index contributed by atoms with van der Waals surface area (Å²) in [6.07, 6.45) is 7.18. The van der Waals surface area contributed by atoms with Crippen LogP contribution in [0.1, 0.15) is 38.5 Å². The Bertz CT molecular complexity index is 343. The van der Waals surface area contributed by atoms with Crippen molar-refractivity contribution in [3.8, 4) is 0 Å². The second-order valence-electron chi connectivity index (χ2n) is 6.03. The molecule has 2 amide bonds. The van der Waals surface area contributed by atoms with Gasteiger partial charge in [-0.25, -0.2) is 0 Å². The lowest BCUT2D eigenvalue weighted by Gasteiger charge is -2.32. The second kappa shape index (κ2) is 4.65. The number of hydrogen-bond acceptors (Lipinski definition) is 3. The minimum atomic E-state index is 0.0429. The second-order valence-corrected chi connectivity index (χ2v) is 6.03. The van der Waals surface area contributed by atoms with Crippen LogP contribution in [0.5, 0.6) is 0 Å². The van der Waals surface area contributed by atoms with Crippen LogP contribution in [-0.2, 0) is 9.59 Å². The molecule has 0 bridgehead atoms. The van der Waals surface area contributed by atoms with Crippen molar-refractivity contribution in [3.05, 3.63) is 0 Å². The lowest BCUT2D eigenvalue weighted by atomic mass is 9.83. The minimum absolute atomic E-state index is 0.0429. The van der Waals surface area contributed by atoms with E-state index in [0.717, 1.165) is 6.42 Å². The van der Waals surface area contributed by atoms with Gasteiger partial charge in [-0.2, -0.15) is 0 Å². The lowest BCUT2D eigenvalue weighted by Crippen LogP contribution is -2.47. The van der Waals surface area contributed by atoms with Gasteiger partial charge in [0.05, 0.1) is 11.8 Å². The number of likely N-dealkylation sites (tertiary alicyclic amines) is 1. The third-order valence-corrected chi connectivity index (χ3v) is 4.93. The van der Waals surface area contributed by atoms with Gasteiger partial charge in [-0.05, 0) is 32.2 Å². The first-order chi connectivity index (χ1) is 8.72. The van der Waals surface area contributed by atoms with Crippen LogP contribution >= 0.6 is 0 Å². The van der Waals surface area contributed by atoms with Crippen LogP contribution in [0.3, 0.4) is 0 Å². The summed E-state index contributed by atoms with van der Waals surface area (Å²) in [4.78, 5) is 25.5. The molecule has 0 radical (unpaired) electrons. The number of amides is 2. The average molecular weight is 250 g/mol. The van der Waals surface area contributed by atoms with Gasteiger partial charge in [-0.1, -0.05) is 19.3 Å². The first kappa shape index (κ1) is 12.2. The topological polar surface area (TPSA) is 49.4 Å². The Balaban J connectivity index is 1.63. The highest BCUT2D eigenvalue weighted by Gasteiger charge is 2.59. The molecule has 1 heterocycles. The quantitative estimate of drug-likeness (QED) is 0.762. The van der Waals surface area contributed by atoms with Gasteiger partial charge in [-0.15, -0.1) is 0 Å². The summed E-state index contributed by atoms with van der Waals surface area (Å²) in [6, 6.07) is 0.288. The number of nitrogens with one attached hydrogen (secondary N) is 1. The molecule has 2 saturated carbocycles. The van der Waals surface area contributed by atoms with E-state index < -0.39 is 0 Å². The van der Waals surface area contributed by atoms with Crippen molar-refractivity contribution < 1.29 is 9.59 Å². The van der Waals surface area contributed by atoms with Crippen molar-refractivity contribution in [1.29, 1.82) is 0 Å². The number of likely N-dealkylation sites (N-methyl/N-ethyl adjacent to an activating group) is 1. The summed E-state index contributed by atoms with van der Waals surface area (Å²) in [5, 5.41) is 3.32. The van der Waals surface area contributed by atoms with Crippen LogP contribution in [0.4, 0.5) is 0 Å². The summed E-state index contributed by atoms with van der Waals surface area (Å²) in [6.45, 7) is 0.589. The molecule has 0 aromatic carbocycles. The fraction of sp³-hybridized carbons (Fsp3) is 0.857. The predicted molar refractivity (Wildman–Crippen MR) is 67.7 cm³/mol. The third kappa shape index (κ3) is 1.96. The van der Waals surface area contributed by atoms with Gasteiger partial charge in [0, 0.05) is 12.6 Å². The molecule has 4 heteroatoms. The highest BCUT2D eigenvalue weighted by molar-refractivity contribution is 6.08. The van der Waals surface area contributed by atoms with Gasteiger partial charge in [0.15, 0.2) is 0 Å². The molecule has 0 aromatic rings. The van der Waals surface area contributed by atoms with Crippen LogP contribution in [0, 0.1) is 17.8 Å². The number of fused-ring (bicyclic) bond motifs is 1. The summed E-state index contributed by atoms with van der Waals surface area (Å²) in [7, 11) is 1.95. The van der Waals surface area contributed by atoms with E-state index in [1.165, 1.54) is 37.0 Å². The molecule has 1 N–H and O–H groups in total. The molecule has 18 heavy (non-hydrogen) atoms. The van der Waals surface area contributed by atoms with E-state index in [2.05, 4.69) is 5.32 Å². The van der Waals surface area contributed by atoms with E-state index in [9.17, 15) is 9.59 Å². The summed E-state index contributed by atoms with van der Waals surface area (Å²) >= 11 is 0. The fourth-order valence-corrected chi connectivity index (χ4v) is 3.64. The zero-order valence-corrected chi connectivity index (χ0v) is 11.0. The largest absolute Gasteiger partial charge is 0.315 e. The van der Waals surface area contributed by atoms with Crippen LogP contribution in [0.2, 0.25) is 0 Å². The highest BCUT2D eigenvalue weighted by atomic mass is 16.2. The van der Waals surface area contributed by atoms with Crippen molar-refractivity contribution in [1.82, 2.24) is 10.2 Å². The predicted octanol–water partition coefficient (Wildman–Crippen LogP) is 1.16. The van der Waals surface area contributed by atoms with Gasteiger partial charge in [0.2, 0.25) is 11.8 Å². The van der Waals surface area contributed by atoms with Crippen LogP contribution < -0.4 is 5.32 Å². The maximum absolute atomic E-state index is 12.0. The molecule has 3 fully saturated rings.